The van der Waals surface area contributed by atoms with Crippen LogP contribution in [0.4, 0.5) is 0 Å². The number of fused-ring (bicyclic) bond motifs is 2. The molecule has 0 amide bonds. The third-order valence-corrected chi connectivity index (χ3v) is 6.18. The fourth-order valence-electron chi connectivity index (χ4n) is 4.50. The number of rotatable bonds is 1. The summed E-state index contributed by atoms with van der Waals surface area (Å²) in [5, 5.41) is 19.5. The average molecular weight is 246 g/mol. The van der Waals surface area contributed by atoms with Crippen molar-refractivity contribution in [1.82, 2.24) is 0 Å². The molecule has 98 valence electrons. The summed E-state index contributed by atoms with van der Waals surface area (Å²) in [5.74, 6) is 1.58. The Hall–Kier alpha value is -1.18. The monoisotopic (exact) mass is 246 g/mol. The molecule has 3 atom stereocenters. The van der Waals surface area contributed by atoms with E-state index in [1.165, 1.54) is 25.3 Å². The second kappa shape index (κ2) is 3.43. The van der Waals surface area contributed by atoms with Gasteiger partial charge in [-0.1, -0.05) is 26.8 Å². The highest BCUT2D eigenvalue weighted by Gasteiger charge is 2.61. The van der Waals surface area contributed by atoms with Crippen molar-refractivity contribution >= 4 is 0 Å². The Labute approximate surface area is 109 Å². The lowest BCUT2D eigenvalue weighted by Crippen LogP contribution is -2.31. The van der Waals surface area contributed by atoms with Gasteiger partial charge in [-0.2, -0.15) is 0 Å². The van der Waals surface area contributed by atoms with Crippen LogP contribution in [0, 0.1) is 16.7 Å². The lowest BCUT2D eigenvalue weighted by molar-refractivity contribution is 0.133. The number of hydrogen-bond donors (Lipinski definition) is 2. The Balaban J connectivity index is 2.05. The topological polar surface area (TPSA) is 40.5 Å². The molecule has 2 heteroatoms. The summed E-state index contributed by atoms with van der Waals surface area (Å²) in [6.07, 6.45) is 3.73. The molecule has 2 N–H and O–H groups in total. The van der Waals surface area contributed by atoms with Gasteiger partial charge < -0.3 is 10.2 Å². The highest BCUT2D eigenvalue weighted by Crippen LogP contribution is 2.71. The van der Waals surface area contributed by atoms with Crippen molar-refractivity contribution < 1.29 is 10.2 Å². The Bertz CT molecular complexity index is 492. The van der Waals surface area contributed by atoms with Gasteiger partial charge in [-0.3, -0.25) is 0 Å². The zero-order valence-corrected chi connectivity index (χ0v) is 11.4. The molecule has 2 bridgehead atoms. The largest absolute Gasteiger partial charge is 0.508 e. The molecule has 2 aliphatic rings. The Morgan fingerprint density at radius 3 is 2.39 bits per heavy atom. The van der Waals surface area contributed by atoms with Crippen LogP contribution in [0.2, 0.25) is 0 Å². The van der Waals surface area contributed by atoms with E-state index in [1.807, 2.05) is 6.07 Å². The smallest absolute Gasteiger partial charge is 0.122 e. The molecule has 2 saturated carbocycles. The van der Waals surface area contributed by atoms with Gasteiger partial charge in [-0.25, -0.2) is 0 Å². The van der Waals surface area contributed by atoms with Crippen molar-refractivity contribution in [3.63, 3.8) is 0 Å². The Kier molecular flexibility index (Phi) is 2.27. The van der Waals surface area contributed by atoms with E-state index in [0.29, 0.717) is 11.3 Å². The average Bonchev–Trinajstić information content (AvgIpc) is 2.61. The minimum absolute atomic E-state index is 0.142. The normalized spacial score (nSPS) is 37.1. The molecule has 2 aliphatic carbocycles. The fourth-order valence-corrected chi connectivity index (χ4v) is 4.50. The van der Waals surface area contributed by atoms with Gasteiger partial charge in [0, 0.05) is 6.07 Å². The van der Waals surface area contributed by atoms with E-state index in [4.69, 9.17) is 0 Å². The zero-order valence-electron chi connectivity index (χ0n) is 11.4. The second-order valence-corrected chi connectivity index (χ2v) is 6.91. The predicted octanol–water partition coefficient (Wildman–Crippen LogP) is 4.03. The molecule has 18 heavy (non-hydrogen) atoms. The molecule has 0 saturated heterocycles. The zero-order chi connectivity index (χ0) is 13.1. The molecule has 0 heterocycles. The molecule has 0 aromatic heterocycles. The number of aromatic hydroxyl groups is 2. The lowest BCUT2D eigenvalue weighted by Gasteiger charge is -2.39. The van der Waals surface area contributed by atoms with Crippen LogP contribution in [0.5, 0.6) is 11.5 Å². The number of phenolic OH excluding ortho intramolecular Hbond substituents is 2. The summed E-state index contributed by atoms with van der Waals surface area (Å²) in [5.41, 5.74) is 1.64. The van der Waals surface area contributed by atoms with Gasteiger partial charge in [0.1, 0.15) is 11.5 Å². The van der Waals surface area contributed by atoms with E-state index < -0.39 is 0 Å². The van der Waals surface area contributed by atoms with E-state index in [1.54, 1.807) is 6.07 Å². The van der Waals surface area contributed by atoms with Gasteiger partial charge >= 0.3 is 0 Å². The second-order valence-electron chi connectivity index (χ2n) is 6.91. The minimum atomic E-state index is 0.142. The quantitative estimate of drug-likeness (QED) is 0.785. The van der Waals surface area contributed by atoms with E-state index in [2.05, 4.69) is 20.8 Å². The third kappa shape index (κ3) is 1.29. The maximum atomic E-state index is 10.1. The van der Waals surface area contributed by atoms with Crippen LogP contribution in [-0.4, -0.2) is 10.2 Å². The summed E-state index contributed by atoms with van der Waals surface area (Å²) in [7, 11) is 0. The van der Waals surface area contributed by atoms with Gasteiger partial charge in [-0.15, -0.1) is 0 Å². The van der Waals surface area contributed by atoms with Crippen LogP contribution in [-0.2, 0) is 0 Å². The summed E-state index contributed by atoms with van der Waals surface area (Å²) >= 11 is 0. The van der Waals surface area contributed by atoms with Crippen molar-refractivity contribution in [2.45, 2.75) is 46.0 Å². The van der Waals surface area contributed by atoms with Crippen molar-refractivity contribution in [2.24, 2.45) is 16.7 Å². The molecule has 0 radical (unpaired) electrons. The first-order valence-corrected chi connectivity index (χ1v) is 6.88. The number of phenols is 2. The molecule has 0 spiro atoms. The number of hydrogen-bond acceptors (Lipinski definition) is 2. The molecular weight excluding hydrogens is 224 g/mol. The van der Waals surface area contributed by atoms with Crippen molar-refractivity contribution in [3.05, 3.63) is 23.8 Å². The first-order chi connectivity index (χ1) is 8.36. The molecular formula is C16H22O2. The van der Waals surface area contributed by atoms with Gasteiger partial charge in [0.15, 0.2) is 0 Å². The summed E-state index contributed by atoms with van der Waals surface area (Å²) < 4.78 is 0. The maximum Gasteiger partial charge on any atom is 0.122 e. The first kappa shape index (κ1) is 11.9. The third-order valence-electron chi connectivity index (χ3n) is 6.18. The van der Waals surface area contributed by atoms with Crippen LogP contribution >= 0.6 is 0 Å². The molecule has 2 fully saturated rings. The SMILES string of the molecule is CC1(C)C2CCC1(C)C(c1ccc(O)cc1O)C2. The number of benzene rings is 1. The van der Waals surface area contributed by atoms with Crippen molar-refractivity contribution in [3.8, 4) is 11.5 Å². The van der Waals surface area contributed by atoms with E-state index in [-0.39, 0.29) is 16.9 Å². The van der Waals surface area contributed by atoms with Crippen LogP contribution in [0.25, 0.3) is 0 Å². The first-order valence-electron chi connectivity index (χ1n) is 6.88. The van der Waals surface area contributed by atoms with Gasteiger partial charge in [-0.05, 0) is 53.6 Å². The molecule has 3 unspecified atom stereocenters. The molecule has 1 aromatic carbocycles. The van der Waals surface area contributed by atoms with Crippen LogP contribution < -0.4 is 0 Å². The molecule has 2 nitrogen and oxygen atoms in total. The summed E-state index contributed by atoms with van der Waals surface area (Å²) in [6, 6.07) is 5.06. The van der Waals surface area contributed by atoms with Gasteiger partial charge in [0.2, 0.25) is 0 Å². The fraction of sp³-hybridized carbons (Fsp3) is 0.625. The summed E-state index contributed by atoms with van der Waals surface area (Å²) in [6.45, 7) is 7.13. The van der Waals surface area contributed by atoms with E-state index in [9.17, 15) is 10.2 Å². The molecule has 3 rings (SSSR count). The van der Waals surface area contributed by atoms with Gasteiger partial charge in [0.25, 0.3) is 0 Å². The molecule has 0 aliphatic heterocycles. The highest BCUT2D eigenvalue weighted by atomic mass is 16.3. The minimum Gasteiger partial charge on any atom is -0.508 e. The van der Waals surface area contributed by atoms with Gasteiger partial charge in [0.05, 0.1) is 0 Å². The Morgan fingerprint density at radius 1 is 1.17 bits per heavy atom. The van der Waals surface area contributed by atoms with E-state index >= 15 is 0 Å². The Morgan fingerprint density at radius 2 is 1.89 bits per heavy atom. The van der Waals surface area contributed by atoms with Crippen molar-refractivity contribution in [2.75, 3.05) is 0 Å². The van der Waals surface area contributed by atoms with Crippen LogP contribution in [0.3, 0.4) is 0 Å². The van der Waals surface area contributed by atoms with Crippen molar-refractivity contribution in [1.29, 1.82) is 0 Å². The lowest BCUT2D eigenvalue weighted by atomic mass is 9.65. The molecule has 1 aromatic rings. The summed E-state index contributed by atoms with van der Waals surface area (Å²) in [4.78, 5) is 0. The van der Waals surface area contributed by atoms with Crippen LogP contribution in [0.15, 0.2) is 18.2 Å². The maximum absolute atomic E-state index is 10.1. The van der Waals surface area contributed by atoms with E-state index in [0.717, 1.165) is 11.5 Å². The predicted molar refractivity (Wildman–Crippen MR) is 71.7 cm³/mol. The highest BCUT2D eigenvalue weighted by molar-refractivity contribution is 5.43. The standard InChI is InChI=1S/C16H22O2/c1-15(2)10-6-7-16(15,3)13(8-10)12-5-4-11(17)9-14(12)18/h4-5,9-10,13,17-18H,6-8H2,1-3H3. The van der Waals surface area contributed by atoms with Crippen LogP contribution in [0.1, 0.15) is 51.5 Å².